The number of amides is 4. The average Bonchev–Trinajstić information content (AvgIpc) is 3.47. The molecule has 3 fully saturated rings. The van der Waals surface area contributed by atoms with Gasteiger partial charge in [-0.1, -0.05) is 25.8 Å². The summed E-state index contributed by atoms with van der Waals surface area (Å²) in [4.78, 5) is 41.5. The number of rotatable bonds is 3. The van der Waals surface area contributed by atoms with Gasteiger partial charge in [-0.05, 0) is 43.9 Å². The smallest absolute Gasteiger partial charge is 0.326 e. The molecule has 5 rings (SSSR count). The number of methoxy groups -OCH3 is 1. The summed E-state index contributed by atoms with van der Waals surface area (Å²) in [5.41, 5.74) is 2.33. The molecule has 4 aliphatic rings. The monoisotopic (exact) mass is 498 g/mol. The SMILES string of the molecule is C=C1c2cc(OC)ccc2NC(=O)N1C.O=C(C1CCCCC1)N1CCN(C(=O)C2CCCO2)CC1. The van der Waals surface area contributed by atoms with Gasteiger partial charge in [-0.15, -0.1) is 0 Å². The summed E-state index contributed by atoms with van der Waals surface area (Å²) in [6.07, 6.45) is 7.35. The molecule has 1 saturated carbocycles. The van der Waals surface area contributed by atoms with E-state index < -0.39 is 0 Å². The number of fused-ring (bicyclic) bond motifs is 1. The lowest BCUT2D eigenvalue weighted by Gasteiger charge is -2.37. The second-order valence-corrected chi connectivity index (χ2v) is 9.83. The zero-order chi connectivity index (χ0) is 25.7. The zero-order valence-electron chi connectivity index (χ0n) is 21.5. The van der Waals surface area contributed by atoms with E-state index in [0.29, 0.717) is 44.4 Å². The molecule has 1 atom stereocenters. The van der Waals surface area contributed by atoms with E-state index in [2.05, 4.69) is 11.9 Å². The fraction of sp³-hybridized carbons (Fsp3) is 0.593. The van der Waals surface area contributed by atoms with E-state index in [4.69, 9.17) is 9.47 Å². The topological polar surface area (TPSA) is 91.4 Å². The van der Waals surface area contributed by atoms with E-state index in [9.17, 15) is 14.4 Å². The van der Waals surface area contributed by atoms with E-state index in [1.54, 1.807) is 20.2 Å². The Hall–Kier alpha value is -3.07. The van der Waals surface area contributed by atoms with Crippen molar-refractivity contribution in [3.05, 3.63) is 30.3 Å². The van der Waals surface area contributed by atoms with Gasteiger partial charge in [-0.2, -0.15) is 0 Å². The van der Waals surface area contributed by atoms with E-state index in [-0.39, 0.29) is 24.0 Å². The third-order valence-corrected chi connectivity index (χ3v) is 7.55. The Morgan fingerprint density at radius 3 is 2.28 bits per heavy atom. The van der Waals surface area contributed by atoms with Crippen molar-refractivity contribution in [1.82, 2.24) is 14.7 Å². The summed E-state index contributed by atoms with van der Waals surface area (Å²) in [7, 11) is 3.29. The number of hydrogen-bond acceptors (Lipinski definition) is 5. The minimum Gasteiger partial charge on any atom is -0.497 e. The molecule has 9 heteroatoms. The molecule has 1 unspecified atom stereocenters. The van der Waals surface area contributed by atoms with E-state index in [1.807, 2.05) is 21.9 Å². The number of anilines is 1. The zero-order valence-corrected chi connectivity index (χ0v) is 21.5. The summed E-state index contributed by atoms with van der Waals surface area (Å²) in [5.74, 6) is 1.43. The van der Waals surface area contributed by atoms with Gasteiger partial charge in [-0.25, -0.2) is 4.79 Å². The molecular formula is C27H38N4O5. The average molecular weight is 499 g/mol. The molecule has 3 aliphatic heterocycles. The second-order valence-electron chi connectivity index (χ2n) is 9.83. The molecule has 4 amide bonds. The van der Waals surface area contributed by atoms with Crippen LogP contribution >= 0.6 is 0 Å². The first kappa shape index (κ1) is 26.0. The van der Waals surface area contributed by atoms with Gasteiger partial charge in [0, 0.05) is 57.0 Å². The predicted octanol–water partition coefficient (Wildman–Crippen LogP) is 3.56. The number of urea groups is 1. The van der Waals surface area contributed by atoms with Crippen LogP contribution in [0, 0.1) is 5.92 Å². The van der Waals surface area contributed by atoms with Crippen LogP contribution in [0.15, 0.2) is 24.8 Å². The molecule has 1 aliphatic carbocycles. The fourth-order valence-electron chi connectivity index (χ4n) is 5.23. The van der Waals surface area contributed by atoms with Gasteiger partial charge in [0.25, 0.3) is 5.91 Å². The normalized spacial score (nSPS) is 22.4. The van der Waals surface area contributed by atoms with Crippen LogP contribution in [-0.2, 0) is 14.3 Å². The largest absolute Gasteiger partial charge is 0.497 e. The summed E-state index contributed by atoms with van der Waals surface area (Å²) >= 11 is 0. The van der Waals surface area contributed by atoms with Crippen molar-refractivity contribution in [1.29, 1.82) is 0 Å². The summed E-state index contributed by atoms with van der Waals surface area (Å²) in [6, 6.07) is 5.30. The highest BCUT2D eigenvalue weighted by Crippen LogP contribution is 2.32. The standard InChI is InChI=1S/C16H26N2O3.C11H12N2O2/c19-15(13-5-2-1-3-6-13)17-8-10-18(11-9-17)16(20)14-7-4-12-21-14;1-7-9-6-8(15-3)4-5-10(9)12-11(14)13(7)2/h13-14H,1-12H2;4-6H,1H2,2-3H3,(H,12,14). The predicted molar refractivity (Wildman–Crippen MR) is 138 cm³/mol. The molecule has 9 nitrogen and oxygen atoms in total. The van der Waals surface area contributed by atoms with Gasteiger partial charge >= 0.3 is 6.03 Å². The molecular weight excluding hydrogens is 460 g/mol. The summed E-state index contributed by atoms with van der Waals surface area (Å²) < 4.78 is 10.6. The highest BCUT2D eigenvalue weighted by Gasteiger charge is 2.33. The number of benzene rings is 1. The van der Waals surface area contributed by atoms with Crippen LogP contribution in [0.25, 0.3) is 5.70 Å². The number of piperazine rings is 1. The number of carbonyl (C=O) groups excluding carboxylic acids is 3. The summed E-state index contributed by atoms with van der Waals surface area (Å²) in [5, 5.41) is 2.76. The maximum Gasteiger partial charge on any atom is 0.326 e. The highest BCUT2D eigenvalue weighted by molar-refractivity contribution is 6.02. The Kier molecular flexibility index (Phi) is 8.51. The van der Waals surface area contributed by atoms with Gasteiger partial charge in [0.1, 0.15) is 11.9 Å². The van der Waals surface area contributed by atoms with Gasteiger partial charge < -0.3 is 24.6 Å². The van der Waals surface area contributed by atoms with Crippen LogP contribution < -0.4 is 10.1 Å². The number of ether oxygens (including phenoxy) is 2. The molecule has 1 aromatic carbocycles. The van der Waals surface area contributed by atoms with Gasteiger partial charge in [0.05, 0.1) is 12.8 Å². The van der Waals surface area contributed by atoms with Crippen LogP contribution in [0.3, 0.4) is 0 Å². The number of nitrogens with zero attached hydrogens (tertiary/aromatic N) is 3. The van der Waals surface area contributed by atoms with Gasteiger partial charge in [0.2, 0.25) is 5.91 Å². The number of nitrogens with one attached hydrogen (secondary N) is 1. The molecule has 196 valence electrons. The van der Waals surface area contributed by atoms with Crippen molar-refractivity contribution < 1.29 is 23.9 Å². The molecule has 0 radical (unpaired) electrons. The minimum absolute atomic E-state index is 0.122. The first-order chi connectivity index (χ1) is 17.4. The number of carbonyl (C=O) groups is 3. The minimum atomic E-state index is -0.231. The van der Waals surface area contributed by atoms with Crippen molar-refractivity contribution in [2.75, 3.05) is 52.3 Å². The van der Waals surface area contributed by atoms with Crippen molar-refractivity contribution in [2.45, 2.75) is 51.0 Å². The molecule has 1 aromatic rings. The van der Waals surface area contributed by atoms with Crippen LogP contribution in [0.1, 0.15) is 50.5 Å². The lowest BCUT2D eigenvalue weighted by atomic mass is 9.88. The Morgan fingerprint density at radius 1 is 1.00 bits per heavy atom. The van der Waals surface area contributed by atoms with E-state index >= 15 is 0 Å². The maximum absolute atomic E-state index is 12.5. The summed E-state index contributed by atoms with van der Waals surface area (Å²) in [6.45, 7) is 7.28. The molecule has 0 bridgehead atoms. The van der Waals surface area contributed by atoms with Crippen molar-refractivity contribution in [2.24, 2.45) is 5.92 Å². The lowest BCUT2D eigenvalue weighted by molar-refractivity contribution is -0.147. The van der Waals surface area contributed by atoms with Crippen LogP contribution in [0.5, 0.6) is 5.75 Å². The Bertz CT molecular complexity index is 976. The first-order valence-corrected chi connectivity index (χ1v) is 13.0. The molecule has 36 heavy (non-hydrogen) atoms. The quantitative estimate of drug-likeness (QED) is 0.688. The molecule has 0 aromatic heterocycles. The van der Waals surface area contributed by atoms with Crippen molar-refractivity contribution in [3.63, 3.8) is 0 Å². The highest BCUT2D eigenvalue weighted by atomic mass is 16.5. The maximum atomic E-state index is 12.5. The Balaban J connectivity index is 0.000000179. The van der Waals surface area contributed by atoms with Gasteiger partial charge in [-0.3, -0.25) is 14.5 Å². The van der Waals surface area contributed by atoms with Crippen LogP contribution in [0.4, 0.5) is 10.5 Å². The lowest BCUT2D eigenvalue weighted by Crippen LogP contribution is -2.54. The van der Waals surface area contributed by atoms with Crippen LogP contribution in [0.2, 0.25) is 0 Å². The molecule has 1 N–H and O–H groups in total. The third-order valence-electron chi connectivity index (χ3n) is 7.55. The van der Waals surface area contributed by atoms with Crippen molar-refractivity contribution in [3.8, 4) is 5.75 Å². The van der Waals surface area contributed by atoms with E-state index in [1.165, 1.54) is 24.2 Å². The van der Waals surface area contributed by atoms with Crippen molar-refractivity contribution >= 4 is 29.2 Å². The molecule has 2 saturated heterocycles. The first-order valence-electron chi connectivity index (χ1n) is 13.0. The fourth-order valence-corrected chi connectivity index (χ4v) is 5.23. The van der Waals surface area contributed by atoms with E-state index in [0.717, 1.165) is 42.7 Å². The Labute approximate surface area is 213 Å². The van der Waals surface area contributed by atoms with Crippen LogP contribution in [-0.4, -0.2) is 85.6 Å². The third kappa shape index (κ3) is 5.83. The second kappa shape index (κ2) is 11.8. The molecule has 3 heterocycles. The molecule has 0 spiro atoms. The Morgan fingerprint density at radius 2 is 1.67 bits per heavy atom. The van der Waals surface area contributed by atoms with Gasteiger partial charge in [0.15, 0.2) is 0 Å². The number of hydrogen-bond donors (Lipinski definition) is 1.